The van der Waals surface area contributed by atoms with Crippen LogP contribution in [-0.4, -0.2) is 69.3 Å². The Balaban J connectivity index is 1.70. The molecule has 1 heterocycles. The number of carbonyl (C=O) groups is 2. The molecule has 1 N–H and O–H groups in total. The van der Waals surface area contributed by atoms with Crippen LogP contribution in [0, 0.1) is 0 Å². The zero-order valence-corrected chi connectivity index (χ0v) is 19.0. The van der Waals surface area contributed by atoms with Gasteiger partial charge in [0.15, 0.2) is 0 Å². The predicted molar refractivity (Wildman–Crippen MR) is 118 cm³/mol. The normalized spacial score (nSPS) is 14.8. The lowest BCUT2D eigenvalue weighted by Crippen LogP contribution is -2.40. The van der Waals surface area contributed by atoms with Gasteiger partial charge in [-0.25, -0.2) is 8.42 Å². The van der Waals surface area contributed by atoms with Gasteiger partial charge in [-0.1, -0.05) is 29.3 Å². The number of nitrogens with zero attached hydrogens (tertiary/aromatic N) is 2. The highest BCUT2D eigenvalue weighted by atomic mass is 35.5. The molecule has 3 rings (SSSR count). The number of hydrogen-bond acceptors (Lipinski definition) is 5. The molecule has 0 aliphatic carbocycles. The molecule has 0 radical (unpaired) electrons. The van der Waals surface area contributed by atoms with Crippen molar-refractivity contribution in [3.63, 3.8) is 0 Å². The highest BCUT2D eigenvalue weighted by Gasteiger charge is 2.28. The fourth-order valence-electron chi connectivity index (χ4n) is 3.03. The number of rotatable bonds is 6. The molecule has 8 nitrogen and oxygen atoms in total. The summed E-state index contributed by atoms with van der Waals surface area (Å²) in [7, 11) is -2.35. The summed E-state index contributed by atoms with van der Waals surface area (Å²) in [5.74, 6) is -0.862. The molecule has 2 aromatic rings. The summed E-state index contributed by atoms with van der Waals surface area (Å²) in [5.41, 5.74) is 0.609. The topological polar surface area (TPSA) is 96.0 Å². The number of morpholine rings is 1. The van der Waals surface area contributed by atoms with Gasteiger partial charge in [-0.2, -0.15) is 4.31 Å². The van der Waals surface area contributed by atoms with Crippen molar-refractivity contribution in [2.75, 3.05) is 45.2 Å². The standard InChI is InChI=1S/C20H21Cl2N3O5S/c1-24(20(27)14-3-2-4-15(21)11-14)13-19(26)23-16-5-6-17(22)18(12-16)31(28,29)25-7-9-30-10-8-25/h2-6,11-12H,7-10,13H2,1H3,(H,23,26). The van der Waals surface area contributed by atoms with Crippen LogP contribution in [0.25, 0.3) is 0 Å². The Kier molecular flexibility index (Phi) is 7.55. The van der Waals surface area contributed by atoms with Crippen molar-refractivity contribution in [1.82, 2.24) is 9.21 Å². The number of halogens is 2. The average molecular weight is 486 g/mol. The molecule has 0 bridgehead atoms. The van der Waals surface area contributed by atoms with Gasteiger partial charge in [0.25, 0.3) is 5.91 Å². The van der Waals surface area contributed by atoms with Gasteiger partial charge in [-0.05, 0) is 36.4 Å². The van der Waals surface area contributed by atoms with Crippen LogP contribution in [0.15, 0.2) is 47.4 Å². The Morgan fingerprint density at radius 2 is 1.84 bits per heavy atom. The molecule has 166 valence electrons. The van der Waals surface area contributed by atoms with E-state index < -0.39 is 15.9 Å². The second kappa shape index (κ2) is 9.97. The fourth-order valence-corrected chi connectivity index (χ4v) is 5.13. The molecule has 2 aromatic carbocycles. The molecular weight excluding hydrogens is 465 g/mol. The smallest absolute Gasteiger partial charge is 0.254 e. The van der Waals surface area contributed by atoms with E-state index in [-0.39, 0.29) is 41.1 Å². The fraction of sp³-hybridized carbons (Fsp3) is 0.300. The van der Waals surface area contributed by atoms with Crippen molar-refractivity contribution < 1.29 is 22.7 Å². The first-order valence-electron chi connectivity index (χ1n) is 9.37. The third kappa shape index (κ3) is 5.75. The van der Waals surface area contributed by atoms with Crippen molar-refractivity contribution in [3.8, 4) is 0 Å². The third-order valence-electron chi connectivity index (χ3n) is 4.60. The van der Waals surface area contributed by atoms with Crippen molar-refractivity contribution in [2.24, 2.45) is 0 Å². The minimum Gasteiger partial charge on any atom is -0.379 e. The Labute approximate surface area is 190 Å². The van der Waals surface area contributed by atoms with Gasteiger partial charge >= 0.3 is 0 Å². The second-order valence-corrected chi connectivity index (χ2v) is 9.63. The number of carbonyl (C=O) groups excluding carboxylic acids is 2. The summed E-state index contributed by atoms with van der Waals surface area (Å²) in [6.45, 7) is 0.831. The summed E-state index contributed by atoms with van der Waals surface area (Å²) >= 11 is 12.0. The van der Waals surface area contributed by atoms with E-state index in [1.807, 2.05) is 0 Å². The van der Waals surface area contributed by atoms with E-state index >= 15 is 0 Å². The first kappa shape index (κ1) is 23.5. The maximum absolute atomic E-state index is 12.9. The lowest BCUT2D eigenvalue weighted by Gasteiger charge is -2.26. The number of anilines is 1. The van der Waals surface area contributed by atoms with E-state index in [0.29, 0.717) is 23.8 Å². The molecule has 0 aromatic heterocycles. The van der Waals surface area contributed by atoms with Crippen molar-refractivity contribution in [2.45, 2.75) is 4.90 Å². The first-order chi connectivity index (χ1) is 14.7. The molecule has 0 unspecified atom stereocenters. The zero-order valence-electron chi connectivity index (χ0n) is 16.7. The Bertz CT molecular complexity index is 1090. The van der Waals surface area contributed by atoms with E-state index in [1.165, 1.54) is 40.5 Å². The van der Waals surface area contributed by atoms with Crippen LogP contribution in [0.1, 0.15) is 10.4 Å². The molecule has 0 atom stereocenters. The van der Waals surface area contributed by atoms with Gasteiger partial charge in [0, 0.05) is 36.4 Å². The predicted octanol–water partition coefficient (Wildman–Crippen LogP) is 2.73. The Morgan fingerprint density at radius 3 is 2.52 bits per heavy atom. The van der Waals surface area contributed by atoms with E-state index in [2.05, 4.69) is 5.32 Å². The molecule has 1 aliphatic rings. The number of likely N-dealkylation sites (N-methyl/N-ethyl adjacent to an activating group) is 1. The summed E-state index contributed by atoms with van der Waals surface area (Å²) in [5, 5.41) is 3.08. The molecule has 1 saturated heterocycles. The van der Waals surface area contributed by atoms with Gasteiger partial charge in [0.1, 0.15) is 4.90 Å². The number of benzene rings is 2. The molecule has 0 saturated carbocycles. The Morgan fingerprint density at radius 1 is 1.13 bits per heavy atom. The summed E-state index contributed by atoms with van der Waals surface area (Å²) in [6, 6.07) is 10.6. The van der Waals surface area contributed by atoms with Crippen LogP contribution >= 0.6 is 23.2 Å². The van der Waals surface area contributed by atoms with E-state index in [0.717, 1.165) is 0 Å². The van der Waals surface area contributed by atoms with Crippen LogP contribution in [-0.2, 0) is 19.6 Å². The molecule has 11 heteroatoms. The number of sulfonamides is 1. The number of amides is 2. The minimum atomic E-state index is -3.83. The van der Waals surface area contributed by atoms with E-state index in [4.69, 9.17) is 27.9 Å². The summed E-state index contributed by atoms with van der Waals surface area (Å²) in [4.78, 5) is 26.0. The number of ether oxygens (including phenoxy) is 1. The third-order valence-corrected chi connectivity index (χ3v) is 7.22. The molecule has 2 amide bonds. The lowest BCUT2D eigenvalue weighted by molar-refractivity contribution is -0.116. The highest BCUT2D eigenvalue weighted by molar-refractivity contribution is 7.89. The van der Waals surface area contributed by atoms with Crippen LogP contribution in [0.4, 0.5) is 5.69 Å². The van der Waals surface area contributed by atoms with Gasteiger partial charge in [0.2, 0.25) is 15.9 Å². The lowest BCUT2D eigenvalue weighted by atomic mass is 10.2. The van der Waals surface area contributed by atoms with Gasteiger partial charge in [-0.3, -0.25) is 9.59 Å². The van der Waals surface area contributed by atoms with E-state index in [9.17, 15) is 18.0 Å². The number of nitrogens with one attached hydrogen (secondary N) is 1. The van der Waals surface area contributed by atoms with Crippen LogP contribution in [0.5, 0.6) is 0 Å². The largest absolute Gasteiger partial charge is 0.379 e. The average Bonchev–Trinajstić information content (AvgIpc) is 2.75. The molecule has 1 fully saturated rings. The minimum absolute atomic E-state index is 0.0535. The molecule has 0 spiro atoms. The van der Waals surface area contributed by atoms with E-state index in [1.54, 1.807) is 18.2 Å². The van der Waals surface area contributed by atoms with Crippen molar-refractivity contribution >= 4 is 50.7 Å². The molecular formula is C20H21Cl2N3O5S. The van der Waals surface area contributed by atoms with Gasteiger partial charge in [0.05, 0.1) is 24.8 Å². The maximum atomic E-state index is 12.9. The maximum Gasteiger partial charge on any atom is 0.254 e. The van der Waals surface area contributed by atoms with Crippen molar-refractivity contribution in [1.29, 1.82) is 0 Å². The zero-order chi connectivity index (χ0) is 22.6. The quantitative estimate of drug-likeness (QED) is 0.678. The molecule has 31 heavy (non-hydrogen) atoms. The number of hydrogen-bond donors (Lipinski definition) is 1. The summed E-state index contributed by atoms with van der Waals surface area (Å²) in [6.07, 6.45) is 0. The van der Waals surface area contributed by atoms with Crippen LogP contribution in [0.2, 0.25) is 10.0 Å². The van der Waals surface area contributed by atoms with Crippen molar-refractivity contribution in [3.05, 3.63) is 58.1 Å². The van der Waals surface area contributed by atoms with Crippen LogP contribution < -0.4 is 5.32 Å². The first-order valence-corrected chi connectivity index (χ1v) is 11.6. The second-order valence-electron chi connectivity index (χ2n) is 6.88. The van der Waals surface area contributed by atoms with Crippen LogP contribution in [0.3, 0.4) is 0 Å². The van der Waals surface area contributed by atoms with Gasteiger partial charge < -0.3 is 15.0 Å². The van der Waals surface area contributed by atoms with Gasteiger partial charge in [-0.15, -0.1) is 0 Å². The SMILES string of the molecule is CN(CC(=O)Nc1ccc(Cl)c(S(=O)(=O)N2CCOCC2)c1)C(=O)c1cccc(Cl)c1. The monoisotopic (exact) mass is 485 g/mol. The highest BCUT2D eigenvalue weighted by Crippen LogP contribution is 2.28. The summed E-state index contributed by atoms with van der Waals surface area (Å²) < 4.78 is 32.3. The Hall–Kier alpha value is -2.17. The molecule has 1 aliphatic heterocycles.